The van der Waals surface area contributed by atoms with E-state index in [1.807, 2.05) is 0 Å². The van der Waals surface area contributed by atoms with Gasteiger partial charge in [0.05, 0.1) is 7.11 Å². The van der Waals surface area contributed by atoms with E-state index in [0.29, 0.717) is 0 Å². The van der Waals surface area contributed by atoms with Gasteiger partial charge in [0.15, 0.2) is 0 Å². The molecule has 0 unspecified atom stereocenters. The maximum atomic E-state index is 11.6. The fourth-order valence-corrected chi connectivity index (χ4v) is 1.94. The Morgan fingerprint density at radius 2 is 2.00 bits per heavy atom. The number of carbonyl (C=O) groups excluding carboxylic acids is 1. The van der Waals surface area contributed by atoms with Gasteiger partial charge in [0, 0.05) is 32.2 Å². The molecule has 0 saturated carbocycles. The quantitative estimate of drug-likeness (QED) is 0.665. The van der Waals surface area contributed by atoms with Crippen molar-refractivity contribution < 1.29 is 9.53 Å². The van der Waals surface area contributed by atoms with E-state index in [9.17, 15) is 9.59 Å². The van der Waals surface area contributed by atoms with E-state index in [1.165, 1.54) is 13.2 Å². The van der Waals surface area contributed by atoms with E-state index in [0.717, 1.165) is 36.7 Å². The molecule has 0 bridgehead atoms. The van der Waals surface area contributed by atoms with Gasteiger partial charge in [0.25, 0.3) is 5.56 Å². The summed E-state index contributed by atoms with van der Waals surface area (Å²) in [4.78, 5) is 27.2. The highest BCUT2D eigenvalue weighted by Crippen LogP contribution is 2.10. The topological polar surface area (TPSA) is 67.7 Å². The van der Waals surface area contributed by atoms with E-state index in [1.54, 1.807) is 6.07 Å². The van der Waals surface area contributed by atoms with Gasteiger partial charge < -0.3 is 14.5 Å². The lowest BCUT2D eigenvalue weighted by Gasteiger charge is -2.33. The molecule has 0 atom stereocenters. The number of rotatable bonds is 3. The lowest BCUT2D eigenvalue weighted by molar-refractivity contribution is -0.141. The largest absolute Gasteiger partial charge is 0.468 e. The number of nitrogens with zero attached hydrogens (tertiary/aromatic N) is 4. The highest BCUT2D eigenvalue weighted by molar-refractivity contribution is 5.68. The SMILES string of the molecule is COC(=O)Cn1nc(N2CCN(C)CC2)ccc1=O. The predicted molar refractivity (Wildman–Crippen MR) is 70.2 cm³/mol. The Morgan fingerprint density at radius 3 is 2.63 bits per heavy atom. The number of methoxy groups -OCH3 is 1. The second kappa shape index (κ2) is 5.83. The van der Waals surface area contributed by atoms with Gasteiger partial charge in [0.2, 0.25) is 0 Å². The smallest absolute Gasteiger partial charge is 0.327 e. The first-order valence-corrected chi connectivity index (χ1v) is 6.18. The van der Waals surface area contributed by atoms with Crippen LogP contribution in [0.5, 0.6) is 0 Å². The number of esters is 1. The van der Waals surface area contributed by atoms with Crippen LogP contribution in [0.15, 0.2) is 16.9 Å². The van der Waals surface area contributed by atoms with Crippen LogP contribution in [-0.2, 0) is 16.1 Å². The monoisotopic (exact) mass is 266 g/mol. The van der Waals surface area contributed by atoms with Crippen molar-refractivity contribution in [3.8, 4) is 0 Å². The predicted octanol–water partition coefficient (Wildman–Crippen LogP) is -0.832. The van der Waals surface area contributed by atoms with Crippen LogP contribution in [0.25, 0.3) is 0 Å². The highest BCUT2D eigenvalue weighted by Gasteiger charge is 2.16. The first-order valence-electron chi connectivity index (χ1n) is 6.18. The number of likely N-dealkylation sites (N-methyl/N-ethyl adjacent to an activating group) is 1. The van der Waals surface area contributed by atoms with E-state index in [-0.39, 0.29) is 12.1 Å². The van der Waals surface area contributed by atoms with Crippen molar-refractivity contribution in [2.45, 2.75) is 6.54 Å². The molecule has 0 spiro atoms. The van der Waals surface area contributed by atoms with Crippen LogP contribution < -0.4 is 10.5 Å². The number of ether oxygens (including phenoxy) is 1. The van der Waals surface area contributed by atoms with E-state index < -0.39 is 5.97 Å². The van der Waals surface area contributed by atoms with Crippen LogP contribution in [0.3, 0.4) is 0 Å². The Labute approximate surface area is 111 Å². The molecular formula is C12H18N4O3. The van der Waals surface area contributed by atoms with Gasteiger partial charge in [-0.15, -0.1) is 0 Å². The Balaban J connectivity index is 2.16. The first kappa shape index (κ1) is 13.5. The fraction of sp³-hybridized carbons (Fsp3) is 0.583. The van der Waals surface area contributed by atoms with Crippen molar-refractivity contribution in [2.75, 3.05) is 45.2 Å². The molecule has 1 saturated heterocycles. The second-order valence-electron chi connectivity index (χ2n) is 4.55. The molecule has 0 aromatic carbocycles. The van der Waals surface area contributed by atoms with Crippen LogP contribution in [-0.4, -0.2) is 61.0 Å². The van der Waals surface area contributed by atoms with Crippen LogP contribution in [0.4, 0.5) is 5.82 Å². The molecule has 1 aliphatic rings. The molecule has 104 valence electrons. The Morgan fingerprint density at radius 1 is 1.32 bits per heavy atom. The van der Waals surface area contributed by atoms with E-state index >= 15 is 0 Å². The first-order chi connectivity index (χ1) is 9.10. The number of piperazine rings is 1. The summed E-state index contributed by atoms with van der Waals surface area (Å²) >= 11 is 0. The van der Waals surface area contributed by atoms with Crippen molar-refractivity contribution in [1.82, 2.24) is 14.7 Å². The van der Waals surface area contributed by atoms with Gasteiger partial charge in [-0.25, -0.2) is 4.68 Å². The van der Waals surface area contributed by atoms with Gasteiger partial charge in [-0.05, 0) is 13.1 Å². The van der Waals surface area contributed by atoms with Crippen molar-refractivity contribution in [3.05, 3.63) is 22.5 Å². The summed E-state index contributed by atoms with van der Waals surface area (Å²) in [6, 6.07) is 3.13. The van der Waals surface area contributed by atoms with Crippen LogP contribution >= 0.6 is 0 Å². The summed E-state index contributed by atoms with van der Waals surface area (Å²) < 4.78 is 5.69. The van der Waals surface area contributed by atoms with Crippen LogP contribution in [0, 0.1) is 0 Å². The van der Waals surface area contributed by atoms with Gasteiger partial charge in [-0.3, -0.25) is 9.59 Å². The van der Waals surface area contributed by atoms with Gasteiger partial charge in [-0.1, -0.05) is 0 Å². The zero-order valence-corrected chi connectivity index (χ0v) is 11.2. The average Bonchev–Trinajstić information content (AvgIpc) is 2.42. The van der Waals surface area contributed by atoms with Crippen LogP contribution in [0.2, 0.25) is 0 Å². The molecule has 0 amide bonds. The molecule has 1 aromatic rings. The number of anilines is 1. The maximum Gasteiger partial charge on any atom is 0.327 e. The van der Waals surface area contributed by atoms with Crippen molar-refractivity contribution >= 4 is 11.8 Å². The number of hydrogen-bond donors (Lipinski definition) is 0. The Kier molecular flexibility index (Phi) is 4.16. The Bertz CT molecular complexity index is 506. The molecule has 1 aliphatic heterocycles. The van der Waals surface area contributed by atoms with Crippen LogP contribution in [0.1, 0.15) is 0 Å². The van der Waals surface area contributed by atoms with E-state index in [2.05, 4.69) is 26.7 Å². The summed E-state index contributed by atoms with van der Waals surface area (Å²) in [5, 5.41) is 4.22. The zero-order chi connectivity index (χ0) is 13.8. The molecule has 0 N–H and O–H groups in total. The third-order valence-electron chi connectivity index (χ3n) is 3.19. The molecule has 0 aliphatic carbocycles. The van der Waals surface area contributed by atoms with Crippen molar-refractivity contribution in [2.24, 2.45) is 0 Å². The third-order valence-corrected chi connectivity index (χ3v) is 3.19. The molecule has 2 rings (SSSR count). The fourth-order valence-electron chi connectivity index (χ4n) is 1.94. The molecule has 7 heteroatoms. The summed E-state index contributed by atoms with van der Waals surface area (Å²) in [6.45, 7) is 3.48. The van der Waals surface area contributed by atoms with Crippen molar-refractivity contribution in [1.29, 1.82) is 0 Å². The zero-order valence-electron chi connectivity index (χ0n) is 11.2. The minimum absolute atomic E-state index is 0.156. The molecule has 2 heterocycles. The number of aromatic nitrogens is 2. The van der Waals surface area contributed by atoms with Gasteiger partial charge in [-0.2, -0.15) is 5.10 Å². The lowest BCUT2D eigenvalue weighted by atomic mass is 10.3. The third kappa shape index (κ3) is 3.31. The lowest BCUT2D eigenvalue weighted by Crippen LogP contribution is -2.45. The van der Waals surface area contributed by atoms with Gasteiger partial charge >= 0.3 is 5.97 Å². The highest BCUT2D eigenvalue weighted by atomic mass is 16.5. The van der Waals surface area contributed by atoms with Gasteiger partial charge in [0.1, 0.15) is 12.4 Å². The normalized spacial score (nSPS) is 16.4. The summed E-state index contributed by atoms with van der Waals surface area (Å²) in [7, 11) is 3.36. The minimum atomic E-state index is -0.481. The molecule has 7 nitrogen and oxygen atoms in total. The molecule has 0 radical (unpaired) electrons. The number of hydrogen-bond acceptors (Lipinski definition) is 6. The summed E-state index contributed by atoms with van der Waals surface area (Å²) in [5.41, 5.74) is -0.303. The van der Waals surface area contributed by atoms with Crippen molar-refractivity contribution in [3.63, 3.8) is 0 Å². The molecule has 1 aromatic heterocycles. The Hall–Kier alpha value is -1.89. The minimum Gasteiger partial charge on any atom is -0.468 e. The number of carbonyl (C=O) groups is 1. The average molecular weight is 266 g/mol. The summed E-state index contributed by atoms with van der Waals surface area (Å²) in [5.74, 6) is 0.238. The maximum absolute atomic E-state index is 11.6. The molecule has 19 heavy (non-hydrogen) atoms. The standard InChI is InChI=1S/C12H18N4O3/c1-14-5-7-15(8-6-14)10-3-4-11(17)16(13-10)9-12(18)19-2/h3-4H,5-9H2,1-2H3. The molecular weight excluding hydrogens is 248 g/mol. The van der Waals surface area contributed by atoms with E-state index in [4.69, 9.17) is 0 Å². The summed E-state index contributed by atoms with van der Waals surface area (Å²) in [6.07, 6.45) is 0. The second-order valence-corrected chi connectivity index (χ2v) is 4.55. The molecule has 1 fully saturated rings.